The summed E-state index contributed by atoms with van der Waals surface area (Å²) in [7, 11) is 0. The maximum absolute atomic E-state index is 13.2. The molecule has 0 saturated heterocycles. The van der Waals surface area contributed by atoms with Crippen LogP contribution < -0.4 is 10.6 Å². The van der Waals surface area contributed by atoms with E-state index in [-0.39, 0.29) is 30.1 Å². The monoisotopic (exact) mass is 374 g/mol. The lowest BCUT2D eigenvalue weighted by Crippen LogP contribution is -2.63. The standard InChI is InChI=1S/C20H30N4O3/c1-3-13(2)24(12-18(25)21-17-4-5-27-23-17)19(26)22-20-9-14-6-15(10-20)8-16(7-14)11-20/h4-5,13-16H,3,6-12H2,1-2H3,(H,22,26)(H,21,23,25). The summed E-state index contributed by atoms with van der Waals surface area (Å²) in [6.45, 7) is 4.04. The van der Waals surface area contributed by atoms with Crippen molar-refractivity contribution in [2.24, 2.45) is 17.8 Å². The molecular weight excluding hydrogens is 344 g/mol. The van der Waals surface area contributed by atoms with Gasteiger partial charge in [0.15, 0.2) is 5.82 Å². The molecular formula is C20H30N4O3. The lowest BCUT2D eigenvalue weighted by Gasteiger charge is -2.57. The highest BCUT2D eigenvalue weighted by Gasteiger charge is 2.52. The minimum atomic E-state index is -0.259. The van der Waals surface area contributed by atoms with E-state index >= 15 is 0 Å². The third kappa shape index (κ3) is 3.82. The zero-order valence-corrected chi connectivity index (χ0v) is 16.2. The first-order chi connectivity index (χ1) is 13.0. The highest BCUT2D eigenvalue weighted by molar-refractivity contribution is 5.93. The van der Waals surface area contributed by atoms with E-state index < -0.39 is 0 Å². The van der Waals surface area contributed by atoms with E-state index in [9.17, 15) is 9.59 Å². The molecule has 7 nitrogen and oxygen atoms in total. The van der Waals surface area contributed by atoms with Crippen LogP contribution in [0.15, 0.2) is 16.9 Å². The first-order valence-electron chi connectivity index (χ1n) is 10.3. The Kier molecular flexibility index (Phi) is 4.86. The highest BCUT2D eigenvalue weighted by Crippen LogP contribution is 2.55. The van der Waals surface area contributed by atoms with E-state index in [1.54, 1.807) is 11.0 Å². The van der Waals surface area contributed by atoms with Crippen molar-refractivity contribution in [3.05, 3.63) is 12.3 Å². The molecule has 5 rings (SSSR count). The molecule has 1 atom stereocenters. The van der Waals surface area contributed by atoms with Crippen LogP contribution in [0.3, 0.4) is 0 Å². The summed E-state index contributed by atoms with van der Waals surface area (Å²) in [6, 6.07) is 1.46. The maximum Gasteiger partial charge on any atom is 0.318 e. The molecule has 7 heteroatoms. The average Bonchev–Trinajstić information content (AvgIpc) is 3.10. The fraction of sp³-hybridized carbons (Fsp3) is 0.750. The summed E-state index contributed by atoms with van der Waals surface area (Å²) >= 11 is 0. The Bertz CT molecular complexity index is 652. The molecule has 1 aromatic heterocycles. The van der Waals surface area contributed by atoms with Crippen molar-refractivity contribution in [2.75, 3.05) is 11.9 Å². The van der Waals surface area contributed by atoms with Crippen LogP contribution in [0.4, 0.5) is 10.6 Å². The number of carbonyl (C=O) groups is 2. The summed E-state index contributed by atoms with van der Waals surface area (Å²) in [5.41, 5.74) is -0.0554. The smallest absolute Gasteiger partial charge is 0.318 e. The van der Waals surface area contributed by atoms with E-state index in [2.05, 4.69) is 15.8 Å². The molecule has 1 heterocycles. The van der Waals surface area contributed by atoms with Gasteiger partial charge in [0.2, 0.25) is 5.91 Å². The van der Waals surface area contributed by atoms with Gasteiger partial charge < -0.3 is 20.1 Å². The minimum Gasteiger partial charge on any atom is -0.363 e. The quantitative estimate of drug-likeness (QED) is 0.799. The van der Waals surface area contributed by atoms with Crippen LogP contribution in [0.5, 0.6) is 0 Å². The number of hydrogen-bond donors (Lipinski definition) is 2. The summed E-state index contributed by atoms with van der Waals surface area (Å²) in [5.74, 6) is 2.41. The van der Waals surface area contributed by atoms with Gasteiger partial charge in [-0.05, 0) is 69.6 Å². The van der Waals surface area contributed by atoms with Gasteiger partial charge in [-0.3, -0.25) is 4.79 Å². The number of rotatable bonds is 6. The molecule has 0 aromatic carbocycles. The van der Waals surface area contributed by atoms with E-state index in [1.165, 1.54) is 25.5 Å². The molecule has 1 unspecified atom stereocenters. The van der Waals surface area contributed by atoms with Crippen molar-refractivity contribution >= 4 is 17.8 Å². The van der Waals surface area contributed by atoms with E-state index in [0.717, 1.165) is 43.4 Å². The van der Waals surface area contributed by atoms with Gasteiger partial charge >= 0.3 is 6.03 Å². The first kappa shape index (κ1) is 18.3. The Balaban J connectivity index is 1.42. The van der Waals surface area contributed by atoms with Crippen molar-refractivity contribution in [2.45, 2.75) is 70.4 Å². The first-order valence-corrected chi connectivity index (χ1v) is 10.3. The zero-order chi connectivity index (χ0) is 19.0. The van der Waals surface area contributed by atoms with Gasteiger partial charge in [0.1, 0.15) is 12.8 Å². The van der Waals surface area contributed by atoms with Crippen LogP contribution in [-0.4, -0.2) is 40.1 Å². The Labute approximate surface area is 160 Å². The number of anilines is 1. The summed E-state index contributed by atoms with van der Waals surface area (Å²) in [4.78, 5) is 27.2. The molecule has 0 spiro atoms. The van der Waals surface area contributed by atoms with E-state index in [0.29, 0.717) is 5.82 Å². The van der Waals surface area contributed by atoms with Gasteiger partial charge in [0, 0.05) is 17.6 Å². The number of carbonyl (C=O) groups excluding carboxylic acids is 2. The summed E-state index contributed by atoms with van der Waals surface area (Å²) < 4.78 is 4.74. The van der Waals surface area contributed by atoms with Crippen molar-refractivity contribution in [3.8, 4) is 0 Å². The zero-order valence-electron chi connectivity index (χ0n) is 16.2. The molecule has 4 fully saturated rings. The lowest BCUT2D eigenvalue weighted by atomic mass is 9.53. The predicted molar refractivity (Wildman–Crippen MR) is 101 cm³/mol. The Morgan fingerprint density at radius 2 is 1.89 bits per heavy atom. The van der Waals surface area contributed by atoms with Crippen LogP contribution in [-0.2, 0) is 4.79 Å². The van der Waals surface area contributed by atoms with E-state index in [1.807, 2.05) is 13.8 Å². The number of hydrogen-bond acceptors (Lipinski definition) is 4. The molecule has 4 bridgehead atoms. The van der Waals surface area contributed by atoms with Crippen LogP contribution in [0, 0.1) is 17.8 Å². The molecule has 148 valence electrons. The number of nitrogens with one attached hydrogen (secondary N) is 2. The number of urea groups is 1. The van der Waals surface area contributed by atoms with E-state index in [4.69, 9.17) is 4.52 Å². The Morgan fingerprint density at radius 1 is 1.26 bits per heavy atom. The van der Waals surface area contributed by atoms with Gasteiger partial charge in [-0.15, -0.1) is 0 Å². The third-order valence-electron chi connectivity index (χ3n) is 6.81. The SMILES string of the molecule is CCC(C)N(CC(=O)Nc1ccon1)C(=O)NC12CC3CC(CC(C3)C1)C2. The van der Waals surface area contributed by atoms with Gasteiger partial charge in [0.05, 0.1) is 0 Å². The summed E-state index contributed by atoms with van der Waals surface area (Å²) in [5, 5.41) is 9.75. The van der Waals surface area contributed by atoms with Crippen molar-refractivity contribution in [1.29, 1.82) is 0 Å². The number of aromatic nitrogens is 1. The summed E-state index contributed by atoms with van der Waals surface area (Å²) in [6.07, 6.45) is 9.52. The van der Waals surface area contributed by atoms with Crippen molar-refractivity contribution < 1.29 is 14.1 Å². The number of amides is 3. The fourth-order valence-electron chi connectivity index (χ4n) is 5.82. The van der Waals surface area contributed by atoms with Crippen LogP contribution in [0.25, 0.3) is 0 Å². The van der Waals surface area contributed by atoms with Crippen molar-refractivity contribution in [1.82, 2.24) is 15.4 Å². The second-order valence-electron chi connectivity index (χ2n) is 8.95. The van der Waals surface area contributed by atoms with Gasteiger partial charge in [-0.25, -0.2) is 4.79 Å². The average molecular weight is 374 g/mol. The van der Waals surface area contributed by atoms with Crippen LogP contribution in [0.1, 0.15) is 58.8 Å². The number of nitrogens with zero attached hydrogens (tertiary/aromatic N) is 2. The largest absolute Gasteiger partial charge is 0.363 e. The molecule has 4 aliphatic carbocycles. The highest BCUT2D eigenvalue weighted by atomic mass is 16.5. The fourth-order valence-corrected chi connectivity index (χ4v) is 5.82. The molecule has 3 amide bonds. The van der Waals surface area contributed by atoms with Crippen LogP contribution >= 0.6 is 0 Å². The molecule has 4 aliphatic rings. The van der Waals surface area contributed by atoms with Crippen LogP contribution in [0.2, 0.25) is 0 Å². The van der Waals surface area contributed by atoms with Crippen molar-refractivity contribution in [3.63, 3.8) is 0 Å². The Morgan fingerprint density at radius 3 is 2.41 bits per heavy atom. The maximum atomic E-state index is 13.2. The second kappa shape index (κ2) is 7.17. The second-order valence-corrected chi connectivity index (χ2v) is 8.95. The lowest BCUT2D eigenvalue weighted by molar-refractivity contribution is -0.117. The minimum absolute atomic E-state index is 0.0121. The van der Waals surface area contributed by atoms with Gasteiger partial charge in [-0.2, -0.15) is 0 Å². The molecule has 4 saturated carbocycles. The molecule has 27 heavy (non-hydrogen) atoms. The topological polar surface area (TPSA) is 87.5 Å². The van der Waals surface area contributed by atoms with Gasteiger partial charge in [-0.1, -0.05) is 12.1 Å². The molecule has 2 N–H and O–H groups in total. The third-order valence-corrected chi connectivity index (χ3v) is 6.81. The molecule has 0 aliphatic heterocycles. The van der Waals surface area contributed by atoms with Gasteiger partial charge in [0.25, 0.3) is 0 Å². The normalized spacial score (nSPS) is 32.1. The molecule has 0 radical (unpaired) electrons. The predicted octanol–water partition coefficient (Wildman–Crippen LogP) is 3.39. The molecule has 1 aromatic rings. The Hall–Kier alpha value is -2.05.